The molecule has 0 fully saturated rings. The second kappa shape index (κ2) is 9.42. The van der Waals surface area contributed by atoms with Crippen molar-refractivity contribution in [2.45, 2.75) is 39.8 Å². The number of halogens is 2. The highest BCUT2D eigenvalue weighted by Gasteiger charge is 2.32. The molecular weight excluding hydrogens is 431 g/mol. The first-order chi connectivity index (χ1) is 14.7. The molecule has 0 spiro atoms. The summed E-state index contributed by atoms with van der Waals surface area (Å²) in [7, 11) is 0. The van der Waals surface area contributed by atoms with Gasteiger partial charge >= 0.3 is 0 Å². The average Bonchev–Trinajstić information content (AvgIpc) is 2.72. The first-order valence-electron chi connectivity index (χ1n) is 10.2. The standard InChI is InChI=1S/C25H26F2NOPS/c1-17(2)28(18(3)4)25(29)23-12-8-9-13-24(23)30(31,21-10-6-5-7-11-21)22-15-19(26)14-20(27)16-22/h5-18H,1-4H3. The number of benzene rings is 3. The zero-order valence-electron chi connectivity index (χ0n) is 18.0. The minimum Gasteiger partial charge on any atom is -0.334 e. The molecule has 0 radical (unpaired) electrons. The lowest BCUT2D eigenvalue weighted by molar-refractivity contribution is 0.0645. The number of amides is 1. The Morgan fingerprint density at radius 3 is 1.87 bits per heavy atom. The quantitative estimate of drug-likeness (QED) is 0.487. The highest BCUT2D eigenvalue weighted by Crippen LogP contribution is 2.44. The van der Waals surface area contributed by atoms with Crippen molar-refractivity contribution >= 4 is 39.7 Å². The third kappa shape index (κ3) is 4.63. The molecule has 3 aromatic carbocycles. The summed E-state index contributed by atoms with van der Waals surface area (Å²) in [4.78, 5) is 15.4. The fourth-order valence-electron chi connectivity index (χ4n) is 3.92. The Kier molecular flexibility index (Phi) is 7.08. The highest BCUT2D eigenvalue weighted by atomic mass is 32.4. The number of carbonyl (C=O) groups is 1. The van der Waals surface area contributed by atoms with Gasteiger partial charge in [-0.05, 0) is 56.5 Å². The van der Waals surface area contributed by atoms with Gasteiger partial charge in [-0.1, -0.05) is 60.3 Å². The van der Waals surface area contributed by atoms with Gasteiger partial charge in [-0.3, -0.25) is 4.79 Å². The summed E-state index contributed by atoms with van der Waals surface area (Å²) in [6.07, 6.45) is 0. The molecule has 0 bridgehead atoms. The fraction of sp³-hybridized carbons (Fsp3) is 0.240. The van der Waals surface area contributed by atoms with Crippen LogP contribution in [0.1, 0.15) is 38.1 Å². The summed E-state index contributed by atoms with van der Waals surface area (Å²) < 4.78 is 28.5. The molecular formula is C25H26F2NOPS. The summed E-state index contributed by atoms with van der Waals surface area (Å²) in [6, 6.07) is 17.0. The number of nitrogens with zero attached hydrogens (tertiary/aromatic N) is 1. The Morgan fingerprint density at radius 2 is 1.32 bits per heavy atom. The van der Waals surface area contributed by atoms with Crippen molar-refractivity contribution in [2.75, 3.05) is 0 Å². The van der Waals surface area contributed by atoms with E-state index in [4.69, 9.17) is 11.8 Å². The van der Waals surface area contributed by atoms with Gasteiger partial charge < -0.3 is 4.90 Å². The molecule has 1 amide bonds. The molecule has 1 atom stereocenters. The maximum Gasteiger partial charge on any atom is 0.255 e. The van der Waals surface area contributed by atoms with Crippen LogP contribution in [-0.2, 0) is 11.8 Å². The predicted octanol–water partition coefficient (Wildman–Crippen LogP) is 4.98. The lowest BCUT2D eigenvalue weighted by atomic mass is 10.1. The molecule has 0 saturated heterocycles. The van der Waals surface area contributed by atoms with Crippen LogP contribution in [0, 0.1) is 11.6 Å². The molecule has 0 saturated carbocycles. The van der Waals surface area contributed by atoms with Gasteiger partial charge in [0.05, 0.1) is 0 Å². The molecule has 6 heteroatoms. The van der Waals surface area contributed by atoms with Gasteiger partial charge in [-0.2, -0.15) is 0 Å². The van der Waals surface area contributed by atoms with Crippen molar-refractivity contribution in [3.63, 3.8) is 0 Å². The Morgan fingerprint density at radius 1 is 0.806 bits per heavy atom. The largest absolute Gasteiger partial charge is 0.334 e. The third-order valence-corrected chi connectivity index (χ3v) is 10.1. The molecule has 0 heterocycles. The van der Waals surface area contributed by atoms with Gasteiger partial charge in [-0.15, -0.1) is 0 Å². The SMILES string of the molecule is CC(C)N(C(=O)c1ccccc1P(=S)(c1ccccc1)c1cc(F)cc(F)c1)C(C)C. The molecule has 3 rings (SSSR count). The summed E-state index contributed by atoms with van der Waals surface area (Å²) in [6.45, 7) is 7.87. The monoisotopic (exact) mass is 457 g/mol. The molecule has 0 aliphatic rings. The van der Waals surface area contributed by atoms with Crippen LogP contribution in [0.2, 0.25) is 0 Å². The van der Waals surface area contributed by atoms with Crippen LogP contribution in [0.3, 0.4) is 0 Å². The number of hydrogen-bond donors (Lipinski definition) is 0. The number of carbonyl (C=O) groups excluding carboxylic acids is 1. The molecule has 0 aliphatic carbocycles. The van der Waals surface area contributed by atoms with E-state index < -0.39 is 17.7 Å². The second-order valence-corrected chi connectivity index (χ2v) is 12.4. The Balaban J connectivity index is 2.33. The maximum atomic E-state index is 14.2. The Bertz CT molecular complexity index is 1100. The molecule has 31 heavy (non-hydrogen) atoms. The van der Waals surface area contributed by atoms with Crippen LogP contribution in [-0.4, -0.2) is 22.9 Å². The van der Waals surface area contributed by atoms with Crippen molar-refractivity contribution in [3.8, 4) is 0 Å². The van der Waals surface area contributed by atoms with E-state index in [0.29, 0.717) is 16.2 Å². The smallest absolute Gasteiger partial charge is 0.255 e. The van der Waals surface area contributed by atoms with Crippen LogP contribution in [0.4, 0.5) is 8.78 Å². The molecule has 3 aromatic rings. The fourth-order valence-corrected chi connectivity index (χ4v) is 7.94. The lowest BCUT2D eigenvalue weighted by Gasteiger charge is -2.33. The topological polar surface area (TPSA) is 20.3 Å². The number of hydrogen-bond acceptors (Lipinski definition) is 2. The summed E-state index contributed by atoms with van der Waals surface area (Å²) in [5.74, 6) is -1.51. The van der Waals surface area contributed by atoms with Crippen molar-refractivity contribution < 1.29 is 13.6 Å². The van der Waals surface area contributed by atoms with E-state index in [-0.39, 0.29) is 18.0 Å². The van der Waals surface area contributed by atoms with Gasteiger partial charge in [0, 0.05) is 35.1 Å². The summed E-state index contributed by atoms with van der Waals surface area (Å²) >= 11 is 6.25. The summed E-state index contributed by atoms with van der Waals surface area (Å²) in [5.41, 5.74) is 0.474. The first kappa shape index (κ1) is 23.3. The summed E-state index contributed by atoms with van der Waals surface area (Å²) in [5, 5.41) is 1.79. The second-order valence-electron chi connectivity index (χ2n) is 7.99. The zero-order chi connectivity index (χ0) is 22.8. The van der Waals surface area contributed by atoms with Crippen molar-refractivity contribution in [1.29, 1.82) is 0 Å². The van der Waals surface area contributed by atoms with E-state index >= 15 is 0 Å². The van der Waals surface area contributed by atoms with Crippen LogP contribution >= 0.6 is 6.04 Å². The number of rotatable bonds is 6. The average molecular weight is 458 g/mol. The normalized spacial score (nSPS) is 13.3. The van der Waals surface area contributed by atoms with E-state index in [9.17, 15) is 13.6 Å². The minimum atomic E-state index is -2.92. The van der Waals surface area contributed by atoms with Crippen LogP contribution in [0.15, 0.2) is 72.8 Å². The molecule has 0 N–H and O–H groups in total. The van der Waals surface area contributed by atoms with Crippen molar-refractivity contribution in [2.24, 2.45) is 0 Å². The Hall–Kier alpha value is -2.36. The maximum absolute atomic E-state index is 14.2. The Labute approximate surface area is 187 Å². The molecule has 162 valence electrons. The van der Waals surface area contributed by atoms with Crippen LogP contribution in [0.5, 0.6) is 0 Å². The van der Waals surface area contributed by atoms with E-state index in [1.807, 2.05) is 70.2 Å². The van der Waals surface area contributed by atoms with Crippen molar-refractivity contribution in [3.05, 3.63) is 90.0 Å². The van der Waals surface area contributed by atoms with Gasteiger partial charge in [-0.25, -0.2) is 8.78 Å². The molecule has 0 aromatic heterocycles. The first-order valence-corrected chi connectivity index (χ1v) is 13.0. The highest BCUT2D eigenvalue weighted by molar-refractivity contribution is 8.25. The molecule has 1 unspecified atom stereocenters. The van der Waals surface area contributed by atoms with Crippen molar-refractivity contribution in [1.82, 2.24) is 4.90 Å². The lowest BCUT2D eigenvalue weighted by Crippen LogP contribution is -2.44. The third-order valence-electron chi connectivity index (χ3n) is 5.15. The molecule has 0 aliphatic heterocycles. The van der Waals surface area contributed by atoms with E-state index in [1.54, 1.807) is 17.0 Å². The van der Waals surface area contributed by atoms with E-state index in [2.05, 4.69) is 0 Å². The zero-order valence-corrected chi connectivity index (χ0v) is 19.8. The predicted molar refractivity (Wildman–Crippen MR) is 129 cm³/mol. The van der Waals surface area contributed by atoms with Crippen LogP contribution in [0.25, 0.3) is 0 Å². The van der Waals surface area contributed by atoms with E-state index in [1.165, 1.54) is 12.1 Å². The van der Waals surface area contributed by atoms with Gasteiger partial charge in [0.1, 0.15) is 11.6 Å². The molecule has 2 nitrogen and oxygen atoms in total. The van der Waals surface area contributed by atoms with E-state index in [0.717, 1.165) is 11.4 Å². The van der Waals surface area contributed by atoms with Gasteiger partial charge in [0.15, 0.2) is 0 Å². The minimum absolute atomic E-state index is 0.0123. The van der Waals surface area contributed by atoms with Crippen LogP contribution < -0.4 is 15.9 Å². The van der Waals surface area contributed by atoms with Gasteiger partial charge in [0.25, 0.3) is 5.91 Å². The van der Waals surface area contributed by atoms with Gasteiger partial charge in [0.2, 0.25) is 0 Å².